The summed E-state index contributed by atoms with van der Waals surface area (Å²) in [6.45, 7) is 0. The molecule has 1 atom stereocenters. The van der Waals surface area contributed by atoms with Gasteiger partial charge < -0.3 is 19.4 Å². The zero-order valence-electron chi connectivity index (χ0n) is 16.6. The first-order chi connectivity index (χ1) is 13.5. The molecule has 1 aliphatic rings. The first-order valence-corrected chi connectivity index (χ1v) is 10.3. The summed E-state index contributed by atoms with van der Waals surface area (Å²) in [4.78, 5) is 13.1. The summed E-state index contributed by atoms with van der Waals surface area (Å²) in [5, 5.41) is 0. The summed E-state index contributed by atoms with van der Waals surface area (Å²) in [7, 11) is 1.77. The van der Waals surface area contributed by atoms with Crippen LogP contribution in [0.25, 0.3) is 0 Å². The van der Waals surface area contributed by atoms with Gasteiger partial charge in [-0.25, -0.2) is 0 Å². The van der Waals surface area contributed by atoms with E-state index in [1.165, 1.54) is 30.6 Å². The number of Topliss-reactive ketones (excluding diaryl/α,β-unsaturated/α-hetero) is 1. The van der Waals surface area contributed by atoms with Crippen molar-refractivity contribution in [2.75, 3.05) is 7.11 Å². The maximum atomic E-state index is 13.1. The van der Waals surface area contributed by atoms with Crippen LogP contribution in [-0.2, 0) is 33.9 Å². The Hall–Kier alpha value is -2.81. The van der Waals surface area contributed by atoms with Crippen LogP contribution in [0.2, 0.25) is 0 Å². The molecular weight excluding hydrogens is 391 g/mol. The number of benzene rings is 2. The van der Waals surface area contributed by atoms with Crippen LogP contribution in [0.4, 0.5) is 0 Å². The quantitative estimate of drug-likeness (QED) is 0.462. The van der Waals surface area contributed by atoms with Gasteiger partial charge in [-0.1, -0.05) is 42.5 Å². The zero-order chi connectivity index (χ0) is 21.4. The van der Waals surface area contributed by atoms with E-state index < -0.39 is 31.7 Å². The molecule has 0 saturated carbocycles. The number of methoxy groups -OCH3 is 1. The summed E-state index contributed by atoms with van der Waals surface area (Å²) in [6, 6.07) is 15.2. The lowest BCUT2D eigenvalue weighted by Gasteiger charge is -2.26. The highest BCUT2D eigenvalue weighted by Gasteiger charge is 2.50. The lowest BCUT2D eigenvalue weighted by atomic mass is 9.65. The van der Waals surface area contributed by atoms with Crippen LogP contribution in [0.1, 0.15) is 11.1 Å². The Kier molecular flexibility index (Phi) is 5.21. The molecule has 0 aromatic heterocycles. The van der Waals surface area contributed by atoms with Crippen molar-refractivity contribution in [1.82, 2.24) is 0 Å². The lowest BCUT2D eigenvalue weighted by molar-refractivity contribution is -0.126. The minimum absolute atomic E-state index is 0.374. The summed E-state index contributed by atoms with van der Waals surface area (Å²) < 4.78 is 40.5. The molecule has 11 heteroatoms. The fourth-order valence-electron chi connectivity index (χ4n) is 3.02. The van der Waals surface area contributed by atoms with Gasteiger partial charge in [-0.15, -0.1) is 0 Å². The van der Waals surface area contributed by atoms with Crippen molar-refractivity contribution in [2.24, 2.45) is 5.73 Å². The van der Waals surface area contributed by atoms with E-state index in [4.69, 9.17) is 19.4 Å². The maximum Gasteiger partial charge on any atom is 0.304 e. The molecule has 0 amide bonds. The van der Waals surface area contributed by atoms with Crippen molar-refractivity contribution in [3.8, 4) is 5.75 Å². The van der Waals surface area contributed by atoms with Gasteiger partial charge in [0.1, 0.15) is 21.4 Å². The van der Waals surface area contributed by atoms with E-state index >= 15 is 0 Å². The number of ketones is 1. The molecule has 0 aliphatic carbocycles. The van der Waals surface area contributed by atoms with Gasteiger partial charge in [-0.2, -0.15) is 8.42 Å². The Morgan fingerprint density at radius 1 is 1.07 bits per heavy atom. The number of rotatable bonds is 6. The summed E-state index contributed by atoms with van der Waals surface area (Å²) in [5.74, 6) is -0.965. The Morgan fingerprint density at radius 3 is 2.21 bits per heavy atom. The van der Waals surface area contributed by atoms with Crippen LogP contribution < -0.4 is 10.5 Å². The predicted octanol–water partition coefficient (Wildman–Crippen LogP) is -1.37. The van der Waals surface area contributed by atoms with Crippen LogP contribution in [0, 0.1) is 0 Å². The van der Waals surface area contributed by atoms with Gasteiger partial charge in [0.05, 0.1) is 11.7 Å². The van der Waals surface area contributed by atoms with Gasteiger partial charge in [0.15, 0.2) is 13.3 Å². The molecule has 0 fully saturated rings. The molecule has 0 saturated heterocycles. The first kappa shape index (κ1) is 20.9. The average molecular weight is 411 g/mol. The zero-order valence-corrected chi connectivity index (χ0v) is 17.4. The normalized spacial score (nSPS) is 19.7. The smallest absolute Gasteiger partial charge is 0.304 e. The third-order valence-corrected chi connectivity index (χ3v) is 6.98. The molecule has 2 aromatic carbocycles. The van der Waals surface area contributed by atoms with E-state index in [2.05, 4.69) is 0 Å². The molecule has 0 unspecified atom stereocenters. The van der Waals surface area contributed by atoms with Crippen molar-refractivity contribution in [3.05, 3.63) is 77.4 Å². The van der Waals surface area contributed by atoms with Crippen LogP contribution in [-0.4, -0.2) is 44.8 Å². The van der Waals surface area contributed by atoms with Crippen molar-refractivity contribution < 1.29 is 26.9 Å². The Bertz CT molecular complexity index is 1070. The predicted molar refractivity (Wildman–Crippen MR) is 116 cm³/mol. The number of carbonyl (C=O) groups excluding carboxylic acids is 1. The Balaban J connectivity index is 1.91. The standard InChI is InChI=1S/C18H20B3NO6S/c1-26-13-9-7-11(8-10-13)17(19)15(23)14(16(22)27-17)28-29(24,25)18(20,21)12-5-3-2-4-6-12/h2-10H,19-22H2,1H3/t17-/m0/s1. The number of ether oxygens (including phenoxy) is 2. The number of nitrogens with two attached hydrogens (primary N) is 1. The number of carbonyl (C=O) groups is 1. The minimum Gasteiger partial charge on any atom is -0.497 e. The Labute approximate surface area is 172 Å². The topological polar surface area (TPSA) is 105 Å². The number of hydrogen-bond acceptors (Lipinski definition) is 7. The van der Waals surface area contributed by atoms with Crippen LogP contribution in [0.15, 0.2) is 66.2 Å². The molecule has 2 N–H and O–H groups in total. The van der Waals surface area contributed by atoms with E-state index in [9.17, 15) is 13.2 Å². The van der Waals surface area contributed by atoms with E-state index in [0.29, 0.717) is 16.9 Å². The van der Waals surface area contributed by atoms with E-state index in [0.717, 1.165) is 0 Å². The number of hydrogen-bond donors (Lipinski definition) is 1. The molecule has 1 heterocycles. The van der Waals surface area contributed by atoms with E-state index in [1.54, 1.807) is 54.6 Å². The highest BCUT2D eigenvalue weighted by molar-refractivity contribution is 7.90. The van der Waals surface area contributed by atoms with Crippen molar-refractivity contribution in [1.29, 1.82) is 0 Å². The Morgan fingerprint density at radius 2 is 1.66 bits per heavy atom. The lowest BCUT2D eigenvalue weighted by Crippen LogP contribution is -2.40. The van der Waals surface area contributed by atoms with Crippen LogP contribution in [0.3, 0.4) is 0 Å². The van der Waals surface area contributed by atoms with Gasteiger partial charge in [0.25, 0.3) is 0 Å². The van der Waals surface area contributed by atoms with Crippen molar-refractivity contribution in [2.45, 2.75) is 10.0 Å². The first-order valence-electron chi connectivity index (χ1n) is 8.90. The third-order valence-electron chi connectivity index (χ3n) is 5.11. The second-order valence-electron chi connectivity index (χ2n) is 7.30. The molecule has 0 radical (unpaired) electrons. The highest BCUT2D eigenvalue weighted by atomic mass is 32.2. The minimum atomic E-state index is -4.26. The second-order valence-corrected chi connectivity index (χ2v) is 9.40. The monoisotopic (exact) mass is 411 g/mol. The van der Waals surface area contributed by atoms with E-state index in [1.807, 2.05) is 0 Å². The molecule has 148 valence electrons. The summed E-state index contributed by atoms with van der Waals surface area (Å²) in [5.41, 5.74) is 5.36. The van der Waals surface area contributed by atoms with Gasteiger partial charge in [-0.05, 0) is 23.3 Å². The molecule has 3 rings (SSSR count). The third kappa shape index (κ3) is 3.50. The molecule has 29 heavy (non-hydrogen) atoms. The van der Waals surface area contributed by atoms with Gasteiger partial charge in [0.2, 0.25) is 17.4 Å². The fraction of sp³-hybridized carbons (Fsp3) is 0.167. The maximum absolute atomic E-state index is 13.1. The summed E-state index contributed by atoms with van der Waals surface area (Å²) >= 11 is 0. The molecule has 0 spiro atoms. The largest absolute Gasteiger partial charge is 0.497 e. The molecule has 7 nitrogen and oxygen atoms in total. The molecular formula is C18H20B3NO6S. The van der Waals surface area contributed by atoms with Crippen molar-refractivity contribution in [3.63, 3.8) is 0 Å². The SMILES string of the molecule is BC(B)(c1ccccc1)S(=O)(=O)OC1=C(N)O[C@@](B)(c2ccc(OC)cc2)C1=O. The van der Waals surface area contributed by atoms with Crippen LogP contribution in [0.5, 0.6) is 5.75 Å². The molecule has 0 bridgehead atoms. The highest BCUT2D eigenvalue weighted by Crippen LogP contribution is 2.38. The van der Waals surface area contributed by atoms with Gasteiger partial charge in [-0.3, -0.25) is 4.79 Å². The van der Waals surface area contributed by atoms with Gasteiger partial charge >= 0.3 is 10.1 Å². The average Bonchev–Trinajstić information content (AvgIpc) is 2.92. The molecule has 1 aliphatic heterocycles. The van der Waals surface area contributed by atoms with Crippen LogP contribution >= 0.6 is 0 Å². The molecule has 2 aromatic rings. The second kappa shape index (κ2) is 7.22. The van der Waals surface area contributed by atoms with Crippen molar-refractivity contribution >= 4 is 39.4 Å². The van der Waals surface area contributed by atoms with Gasteiger partial charge in [0, 0.05) is 0 Å². The summed E-state index contributed by atoms with van der Waals surface area (Å²) in [6.07, 6.45) is 0. The fourth-order valence-corrected chi connectivity index (χ4v) is 4.03. The van der Waals surface area contributed by atoms with E-state index in [-0.39, 0.29) is 5.88 Å².